The third-order valence-corrected chi connectivity index (χ3v) is 4.23. The normalized spacial score (nSPS) is 10.9. The third-order valence-electron chi connectivity index (χ3n) is 3.37. The van der Waals surface area contributed by atoms with Crippen LogP contribution in [0.5, 0.6) is 0 Å². The third kappa shape index (κ3) is 3.84. The summed E-state index contributed by atoms with van der Waals surface area (Å²) >= 11 is 1.54. The average molecular weight is 320 g/mol. The lowest BCUT2D eigenvalue weighted by molar-refractivity contribution is 0.0708. The number of aromatic nitrogens is 1. The topological polar surface area (TPSA) is 73.4 Å². The first-order valence-electron chi connectivity index (χ1n) is 7.18. The molecule has 0 aliphatic heterocycles. The number of pyridine rings is 1. The number of amides is 1. The SMILES string of the molecule is CC(C)c1ccc(C(=O)N(CCO)Cc2cccs2)c(=O)[nH]1. The first-order valence-corrected chi connectivity index (χ1v) is 8.06. The summed E-state index contributed by atoms with van der Waals surface area (Å²) in [6.07, 6.45) is 0. The van der Waals surface area contributed by atoms with Gasteiger partial charge in [-0.15, -0.1) is 11.3 Å². The van der Waals surface area contributed by atoms with Gasteiger partial charge in [0.15, 0.2) is 0 Å². The Balaban J connectivity index is 2.25. The monoisotopic (exact) mass is 320 g/mol. The van der Waals surface area contributed by atoms with Crippen molar-refractivity contribution in [3.8, 4) is 0 Å². The molecule has 2 aromatic heterocycles. The molecule has 1 amide bonds. The second-order valence-corrected chi connectivity index (χ2v) is 6.37. The Morgan fingerprint density at radius 3 is 2.68 bits per heavy atom. The number of thiophene rings is 1. The van der Waals surface area contributed by atoms with Crippen LogP contribution in [0.2, 0.25) is 0 Å². The highest BCUT2D eigenvalue weighted by Gasteiger charge is 2.19. The van der Waals surface area contributed by atoms with Crippen molar-refractivity contribution in [2.24, 2.45) is 0 Å². The van der Waals surface area contributed by atoms with Gasteiger partial charge in [0, 0.05) is 17.1 Å². The van der Waals surface area contributed by atoms with Crippen molar-refractivity contribution in [2.45, 2.75) is 26.3 Å². The number of carbonyl (C=O) groups is 1. The van der Waals surface area contributed by atoms with Gasteiger partial charge in [-0.05, 0) is 29.5 Å². The van der Waals surface area contributed by atoms with E-state index in [1.165, 1.54) is 16.2 Å². The van der Waals surface area contributed by atoms with Crippen LogP contribution in [0.4, 0.5) is 0 Å². The van der Waals surface area contributed by atoms with Crippen molar-refractivity contribution < 1.29 is 9.90 Å². The molecule has 0 radical (unpaired) electrons. The van der Waals surface area contributed by atoms with E-state index in [0.717, 1.165) is 10.6 Å². The maximum absolute atomic E-state index is 12.6. The summed E-state index contributed by atoms with van der Waals surface area (Å²) in [5.41, 5.74) is 0.522. The van der Waals surface area contributed by atoms with Gasteiger partial charge in [0.2, 0.25) is 0 Å². The number of carbonyl (C=O) groups excluding carboxylic acids is 1. The number of aromatic amines is 1. The fourth-order valence-corrected chi connectivity index (χ4v) is 2.85. The first-order chi connectivity index (χ1) is 10.5. The van der Waals surface area contributed by atoms with Crippen LogP contribution in [0.1, 0.15) is 40.7 Å². The number of hydrogen-bond acceptors (Lipinski definition) is 4. The number of nitrogens with one attached hydrogen (secondary N) is 1. The largest absolute Gasteiger partial charge is 0.395 e. The molecule has 0 fully saturated rings. The van der Waals surface area contributed by atoms with Crippen LogP contribution in [0.15, 0.2) is 34.4 Å². The molecule has 2 aromatic rings. The van der Waals surface area contributed by atoms with Gasteiger partial charge in [-0.3, -0.25) is 9.59 Å². The molecule has 2 N–H and O–H groups in total. The molecule has 0 bridgehead atoms. The molecule has 0 aliphatic rings. The van der Waals surface area contributed by atoms with E-state index in [9.17, 15) is 14.7 Å². The Kier molecular flexibility index (Phi) is 5.51. The van der Waals surface area contributed by atoms with Gasteiger partial charge in [-0.25, -0.2) is 0 Å². The van der Waals surface area contributed by atoms with Crippen molar-refractivity contribution in [3.63, 3.8) is 0 Å². The maximum Gasteiger partial charge on any atom is 0.261 e. The molecule has 0 spiro atoms. The molecule has 0 aliphatic carbocycles. The van der Waals surface area contributed by atoms with E-state index in [0.29, 0.717) is 6.54 Å². The second kappa shape index (κ2) is 7.38. The van der Waals surface area contributed by atoms with Crippen LogP contribution in [0.3, 0.4) is 0 Å². The van der Waals surface area contributed by atoms with E-state index in [1.54, 1.807) is 12.1 Å². The number of H-pyrrole nitrogens is 1. The molecular weight excluding hydrogens is 300 g/mol. The van der Waals surface area contributed by atoms with E-state index in [1.807, 2.05) is 31.4 Å². The zero-order chi connectivity index (χ0) is 16.1. The Bertz CT molecular complexity index is 677. The summed E-state index contributed by atoms with van der Waals surface area (Å²) < 4.78 is 0. The summed E-state index contributed by atoms with van der Waals surface area (Å²) in [5, 5.41) is 11.1. The van der Waals surface area contributed by atoms with Gasteiger partial charge in [-0.2, -0.15) is 0 Å². The fraction of sp³-hybridized carbons (Fsp3) is 0.375. The quantitative estimate of drug-likeness (QED) is 0.857. The molecule has 0 unspecified atom stereocenters. The average Bonchev–Trinajstić information content (AvgIpc) is 2.99. The molecule has 0 saturated heterocycles. The lowest BCUT2D eigenvalue weighted by atomic mass is 10.1. The highest BCUT2D eigenvalue weighted by Crippen LogP contribution is 2.14. The minimum absolute atomic E-state index is 0.106. The van der Waals surface area contributed by atoms with Gasteiger partial charge in [0.25, 0.3) is 11.5 Å². The fourth-order valence-electron chi connectivity index (χ4n) is 2.13. The number of aliphatic hydroxyl groups is 1. The molecule has 6 heteroatoms. The first kappa shape index (κ1) is 16.5. The summed E-state index contributed by atoms with van der Waals surface area (Å²) in [6.45, 7) is 4.40. The predicted octanol–water partition coefficient (Wildman–Crippen LogP) is 2.19. The van der Waals surface area contributed by atoms with Gasteiger partial charge >= 0.3 is 0 Å². The van der Waals surface area contributed by atoms with E-state index >= 15 is 0 Å². The Morgan fingerprint density at radius 1 is 1.36 bits per heavy atom. The summed E-state index contributed by atoms with van der Waals surface area (Å²) in [7, 11) is 0. The molecule has 0 aromatic carbocycles. The molecule has 2 rings (SSSR count). The zero-order valence-electron chi connectivity index (χ0n) is 12.7. The summed E-state index contributed by atoms with van der Waals surface area (Å²) in [6, 6.07) is 7.16. The van der Waals surface area contributed by atoms with E-state index < -0.39 is 0 Å². The van der Waals surface area contributed by atoms with Gasteiger partial charge in [-0.1, -0.05) is 19.9 Å². The predicted molar refractivity (Wildman–Crippen MR) is 87.3 cm³/mol. The molecule has 0 atom stereocenters. The number of hydrogen-bond donors (Lipinski definition) is 2. The lowest BCUT2D eigenvalue weighted by Crippen LogP contribution is -2.36. The Hall–Kier alpha value is -1.92. The van der Waals surface area contributed by atoms with Crippen LogP contribution >= 0.6 is 11.3 Å². The van der Waals surface area contributed by atoms with Crippen LogP contribution in [0.25, 0.3) is 0 Å². The molecule has 2 heterocycles. The van der Waals surface area contributed by atoms with Crippen molar-refractivity contribution >= 4 is 17.2 Å². The highest BCUT2D eigenvalue weighted by atomic mass is 32.1. The van der Waals surface area contributed by atoms with E-state index in [2.05, 4.69) is 4.98 Å². The molecular formula is C16H20N2O3S. The Morgan fingerprint density at radius 2 is 2.14 bits per heavy atom. The second-order valence-electron chi connectivity index (χ2n) is 5.34. The van der Waals surface area contributed by atoms with E-state index in [-0.39, 0.29) is 36.1 Å². The maximum atomic E-state index is 12.6. The molecule has 22 heavy (non-hydrogen) atoms. The summed E-state index contributed by atoms with van der Waals surface area (Å²) in [4.78, 5) is 29.9. The smallest absolute Gasteiger partial charge is 0.261 e. The zero-order valence-corrected chi connectivity index (χ0v) is 13.5. The minimum atomic E-state index is -0.384. The van der Waals surface area contributed by atoms with Crippen LogP contribution in [-0.2, 0) is 6.54 Å². The van der Waals surface area contributed by atoms with Crippen molar-refractivity contribution in [3.05, 3.63) is 56.1 Å². The highest BCUT2D eigenvalue weighted by molar-refractivity contribution is 7.09. The van der Waals surface area contributed by atoms with Gasteiger partial charge < -0.3 is 15.0 Å². The van der Waals surface area contributed by atoms with Crippen LogP contribution in [0, 0.1) is 0 Å². The minimum Gasteiger partial charge on any atom is -0.395 e. The standard InChI is InChI=1S/C16H20N2O3S/c1-11(2)14-6-5-13(15(20)17-14)16(21)18(7-8-19)10-12-4-3-9-22-12/h3-6,9,11,19H,7-8,10H2,1-2H3,(H,17,20). The van der Waals surface area contributed by atoms with Gasteiger partial charge in [0.05, 0.1) is 13.2 Å². The molecule has 0 saturated carbocycles. The van der Waals surface area contributed by atoms with Crippen molar-refractivity contribution in [1.29, 1.82) is 0 Å². The van der Waals surface area contributed by atoms with Crippen molar-refractivity contribution in [1.82, 2.24) is 9.88 Å². The summed E-state index contributed by atoms with van der Waals surface area (Å²) in [5.74, 6) is -0.171. The molecule has 5 nitrogen and oxygen atoms in total. The van der Waals surface area contributed by atoms with Crippen LogP contribution in [-0.4, -0.2) is 34.0 Å². The van der Waals surface area contributed by atoms with Gasteiger partial charge in [0.1, 0.15) is 5.56 Å². The van der Waals surface area contributed by atoms with Crippen molar-refractivity contribution in [2.75, 3.05) is 13.2 Å². The number of rotatable bonds is 6. The Labute approximate surface area is 133 Å². The lowest BCUT2D eigenvalue weighted by Gasteiger charge is -2.21. The van der Waals surface area contributed by atoms with Crippen LogP contribution < -0.4 is 5.56 Å². The molecule has 118 valence electrons. The van der Waals surface area contributed by atoms with E-state index in [4.69, 9.17) is 0 Å². The number of nitrogens with zero attached hydrogens (tertiary/aromatic N) is 1. The number of aliphatic hydroxyl groups excluding tert-OH is 1.